The summed E-state index contributed by atoms with van der Waals surface area (Å²) in [6.45, 7) is 0. The third kappa shape index (κ3) is 5.75. The molecule has 324 valence electrons. The molecule has 0 aliphatic rings. The Morgan fingerprint density at radius 2 is 0.529 bits per heavy atom. The first kappa shape index (κ1) is 39.6. The van der Waals surface area contributed by atoms with Crippen molar-refractivity contribution < 1.29 is 0 Å². The summed E-state index contributed by atoms with van der Waals surface area (Å²) in [6, 6.07) is 90.6. The van der Waals surface area contributed by atoms with E-state index >= 15 is 0 Å². The lowest BCUT2D eigenvalue weighted by Gasteiger charge is -2.21. The van der Waals surface area contributed by atoms with Crippen LogP contribution < -0.4 is 0 Å². The normalized spacial score (nSPS) is 12.0. The van der Waals surface area contributed by atoms with Crippen LogP contribution in [-0.2, 0) is 0 Å². The number of benzene rings is 13. The van der Waals surface area contributed by atoms with Gasteiger partial charge in [-0.15, -0.1) is 22.7 Å². The molecule has 2 heteroatoms. The minimum absolute atomic E-state index is 1.22. The highest BCUT2D eigenvalue weighted by atomic mass is 32.1. The molecule has 0 aliphatic carbocycles. The monoisotopic (exact) mass is 920 g/mol. The van der Waals surface area contributed by atoms with Gasteiger partial charge in [0.15, 0.2) is 0 Å². The average Bonchev–Trinajstić information content (AvgIpc) is 4.02. The number of hydrogen-bond donors (Lipinski definition) is 0. The molecule has 0 amide bonds. The molecular formula is C68H40S2. The minimum Gasteiger partial charge on any atom is -0.135 e. The van der Waals surface area contributed by atoms with E-state index in [9.17, 15) is 0 Å². The maximum atomic E-state index is 2.57. The fraction of sp³-hybridized carbons (Fsp3) is 0. The van der Waals surface area contributed by atoms with Crippen LogP contribution in [0.2, 0.25) is 0 Å². The molecule has 0 saturated heterocycles. The summed E-state index contributed by atoms with van der Waals surface area (Å²) in [5, 5.41) is 18.0. The predicted octanol–water partition coefficient (Wildman–Crippen LogP) is 20.5. The van der Waals surface area contributed by atoms with Crippen LogP contribution in [-0.4, -0.2) is 0 Å². The highest BCUT2D eigenvalue weighted by molar-refractivity contribution is 7.27. The van der Waals surface area contributed by atoms with Crippen molar-refractivity contribution in [3.05, 3.63) is 243 Å². The molecule has 0 nitrogen and oxygen atoms in total. The van der Waals surface area contributed by atoms with E-state index in [1.54, 1.807) is 0 Å². The SMILES string of the molecule is c1ccc(-c2ccccc2-c2c3ccccc3c(-c3cc4cc(-c5c6ccccc6c(-c6ccccc6)c6ccccc56)c5sc6ccccc6c5c4c4c3sc3ccccc34)c3ccccc23)cc1. The van der Waals surface area contributed by atoms with Gasteiger partial charge in [-0.05, 0) is 117 Å². The van der Waals surface area contributed by atoms with Crippen LogP contribution in [0.3, 0.4) is 0 Å². The molecule has 15 aromatic rings. The molecule has 0 atom stereocenters. The van der Waals surface area contributed by atoms with Gasteiger partial charge >= 0.3 is 0 Å². The van der Waals surface area contributed by atoms with Crippen molar-refractivity contribution in [1.82, 2.24) is 0 Å². The van der Waals surface area contributed by atoms with E-state index in [1.807, 2.05) is 22.7 Å². The summed E-state index contributed by atoms with van der Waals surface area (Å²) in [7, 11) is 0. The highest BCUT2D eigenvalue weighted by Gasteiger charge is 2.26. The Morgan fingerprint density at radius 3 is 0.957 bits per heavy atom. The molecule has 0 fully saturated rings. The Hall–Kier alpha value is -8.40. The number of rotatable bonds is 5. The molecule has 0 radical (unpaired) electrons. The van der Waals surface area contributed by atoms with Crippen molar-refractivity contribution in [3.63, 3.8) is 0 Å². The third-order valence-corrected chi connectivity index (χ3v) is 17.2. The van der Waals surface area contributed by atoms with Gasteiger partial charge < -0.3 is 0 Å². The van der Waals surface area contributed by atoms with Gasteiger partial charge in [0, 0.05) is 56.9 Å². The molecule has 15 rings (SSSR count). The lowest BCUT2D eigenvalue weighted by Crippen LogP contribution is -1.94. The lowest BCUT2D eigenvalue weighted by atomic mass is 9.82. The van der Waals surface area contributed by atoms with Gasteiger partial charge in [-0.25, -0.2) is 0 Å². The summed E-state index contributed by atoms with van der Waals surface area (Å²) < 4.78 is 5.27. The first-order valence-electron chi connectivity index (χ1n) is 24.1. The molecule has 0 N–H and O–H groups in total. The molecule has 0 spiro atoms. The smallest absolute Gasteiger partial charge is 0.0440 e. The summed E-state index contributed by atoms with van der Waals surface area (Å²) >= 11 is 3.88. The molecule has 2 aromatic heterocycles. The van der Waals surface area contributed by atoms with Gasteiger partial charge in [-0.2, -0.15) is 0 Å². The summed E-state index contributed by atoms with van der Waals surface area (Å²) in [5.41, 5.74) is 12.6. The van der Waals surface area contributed by atoms with Crippen LogP contribution in [0.25, 0.3) is 150 Å². The van der Waals surface area contributed by atoms with E-state index in [1.165, 1.54) is 150 Å². The Balaban J connectivity index is 1.12. The van der Waals surface area contributed by atoms with E-state index in [0.717, 1.165) is 0 Å². The summed E-state index contributed by atoms with van der Waals surface area (Å²) in [6.07, 6.45) is 0. The molecule has 0 unspecified atom stereocenters. The van der Waals surface area contributed by atoms with Gasteiger partial charge in [0.25, 0.3) is 0 Å². The van der Waals surface area contributed by atoms with Crippen LogP contribution >= 0.6 is 22.7 Å². The van der Waals surface area contributed by atoms with Crippen molar-refractivity contribution >= 4 is 117 Å². The van der Waals surface area contributed by atoms with Crippen molar-refractivity contribution in [3.8, 4) is 55.6 Å². The Kier molecular flexibility index (Phi) is 8.80. The number of fused-ring (bicyclic) bond motifs is 13. The summed E-state index contributed by atoms with van der Waals surface area (Å²) in [5.74, 6) is 0. The first-order valence-corrected chi connectivity index (χ1v) is 25.7. The fourth-order valence-electron chi connectivity index (χ4n) is 12.0. The van der Waals surface area contributed by atoms with Crippen LogP contribution in [0.15, 0.2) is 243 Å². The molecule has 70 heavy (non-hydrogen) atoms. The quantitative estimate of drug-likeness (QED) is 0.151. The van der Waals surface area contributed by atoms with Gasteiger partial charge in [0.1, 0.15) is 0 Å². The van der Waals surface area contributed by atoms with Crippen molar-refractivity contribution in [2.24, 2.45) is 0 Å². The third-order valence-electron chi connectivity index (χ3n) is 14.8. The molecule has 0 saturated carbocycles. The highest BCUT2D eigenvalue weighted by Crippen LogP contribution is 2.55. The van der Waals surface area contributed by atoms with Crippen LogP contribution in [0.1, 0.15) is 0 Å². The molecular weight excluding hydrogens is 881 g/mol. The Bertz CT molecular complexity index is 4520. The van der Waals surface area contributed by atoms with Gasteiger partial charge in [-0.1, -0.05) is 218 Å². The van der Waals surface area contributed by atoms with Gasteiger partial charge in [0.05, 0.1) is 0 Å². The van der Waals surface area contributed by atoms with Crippen LogP contribution in [0.4, 0.5) is 0 Å². The molecule has 0 aliphatic heterocycles. The van der Waals surface area contributed by atoms with E-state index in [0.29, 0.717) is 0 Å². The van der Waals surface area contributed by atoms with Crippen molar-refractivity contribution in [1.29, 1.82) is 0 Å². The molecule has 2 heterocycles. The average molecular weight is 921 g/mol. The summed E-state index contributed by atoms with van der Waals surface area (Å²) in [4.78, 5) is 0. The zero-order chi connectivity index (χ0) is 45.9. The van der Waals surface area contributed by atoms with E-state index in [4.69, 9.17) is 0 Å². The van der Waals surface area contributed by atoms with E-state index < -0.39 is 0 Å². The van der Waals surface area contributed by atoms with Crippen molar-refractivity contribution in [2.75, 3.05) is 0 Å². The van der Waals surface area contributed by atoms with Gasteiger partial charge in [0.2, 0.25) is 0 Å². The fourth-order valence-corrected chi connectivity index (χ4v) is 14.5. The van der Waals surface area contributed by atoms with Crippen LogP contribution in [0, 0.1) is 0 Å². The second-order valence-electron chi connectivity index (χ2n) is 18.5. The number of hydrogen-bond acceptors (Lipinski definition) is 2. The zero-order valence-electron chi connectivity index (χ0n) is 37.9. The van der Waals surface area contributed by atoms with Gasteiger partial charge in [-0.3, -0.25) is 0 Å². The predicted molar refractivity (Wildman–Crippen MR) is 307 cm³/mol. The lowest BCUT2D eigenvalue weighted by molar-refractivity contribution is 1.61. The standard InChI is InChI=1S/C68H40S2/c1-3-21-41(22-4-1)44-25-7-8-26-45(44)62-50-31-13-15-33-52(50)64(53-34-16-14-32-51(53)62)57-40-43-39-56(63-48-29-11-9-27-46(48)60(42-23-5-2-6-24-42)47-28-10-12-30-49(47)63)67-65(54-35-17-19-37-58(54)69-67)61(43)66-55-36-18-20-38-59(55)70-68(57)66/h1-40H. The minimum atomic E-state index is 1.22. The van der Waals surface area contributed by atoms with Crippen LogP contribution in [0.5, 0.6) is 0 Å². The zero-order valence-corrected chi connectivity index (χ0v) is 39.5. The maximum absolute atomic E-state index is 2.57. The second kappa shape index (κ2) is 15.6. The van der Waals surface area contributed by atoms with E-state index in [-0.39, 0.29) is 0 Å². The molecule has 13 aromatic carbocycles. The Morgan fingerprint density at radius 1 is 0.214 bits per heavy atom. The topological polar surface area (TPSA) is 0 Å². The largest absolute Gasteiger partial charge is 0.135 e. The second-order valence-corrected chi connectivity index (χ2v) is 20.6. The van der Waals surface area contributed by atoms with E-state index in [2.05, 4.69) is 243 Å². The Labute approximate surface area is 412 Å². The maximum Gasteiger partial charge on any atom is 0.0440 e. The first-order chi connectivity index (χ1) is 34.8. The molecule has 0 bridgehead atoms. The number of thiophene rings is 2. The van der Waals surface area contributed by atoms with Crippen molar-refractivity contribution in [2.45, 2.75) is 0 Å².